The van der Waals surface area contributed by atoms with Gasteiger partial charge in [0.25, 0.3) is 5.91 Å². The van der Waals surface area contributed by atoms with Gasteiger partial charge in [-0.2, -0.15) is 5.10 Å². The molecule has 0 unspecified atom stereocenters. The largest absolute Gasteiger partial charge is 0.507 e. The number of carbonyl (C=O) groups is 1. The summed E-state index contributed by atoms with van der Waals surface area (Å²) in [5, 5.41) is 59.1. The minimum atomic E-state index is -2.07. The third-order valence-electron chi connectivity index (χ3n) is 2.84. The molecule has 1 rings (SSSR count). The lowest BCUT2D eigenvalue weighted by molar-refractivity contribution is -0.148. The maximum absolute atomic E-state index is 11.5. The Morgan fingerprint density at radius 3 is 2.41 bits per heavy atom. The predicted molar refractivity (Wildman–Crippen MR) is 75.0 cm³/mol. The average molecular weight is 314 g/mol. The molecule has 0 aromatic heterocycles. The highest BCUT2D eigenvalue weighted by atomic mass is 16.4. The summed E-state index contributed by atoms with van der Waals surface area (Å²) in [7, 11) is 0. The molecule has 22 heavy (non-hydrogen) atoms. The third-order valence-corrected chi connectivity index (χ3v) is 2.84. The maximum atomic E-state index is 11.5. The quantitative estimate of drug-likeness (QED) is 0.212. The lowest BCUT2D eigenvalue weighted by atomic mass is 10.0. The van der Waals surface area contributed by atoms with E-state index in [1.54, 1.807) is 12.1 Å². The number of amides is 1. The van der Waals surface area contributed by atoms with Gasteiger partial charge >= 0.3 is 0 Å². The molecule has 0 aliphatic rings. The zero-order valence-corrected chi connectivity index (χ0v) is 11.4. The van der Waals surface area contributed by atoms with Crippen LogP contribution in [0.2, 0.25) is 0 Å². The Morgan fingerprint density at radius 2 is 1.82 bits per heavy atom. The van der Waals surface area contributed by atoms with Gasteiger partial charge < -0.3 is 30.6 Å². The number of nitrogens with zero attached hydrogens (tertiary/aromatic N) is 1. The van der Waals surface area contributed by atoms with Gasteiger partial charge in [0.15, 0.2) is 6.10 Å². The van der Waals surface area contributed by atoms with Crippen molar-refractivity contribution in [3.05, 3.63) is 29.8 Å². The van der Waals surface area contributed by atoms with Gasteiger partial charge in [-0.25, -0.2) is 5.43 Å². The van der Waals surface area contributed by atoms with E-state index in [1.165, 1.54) is 12.1 Å². The Balaban J connectivity index is 2.59. The zero-order chi connectivity index (χ0) is 16.7. The number of nitrogens with one attached hydrogen (secondary N) is 1. The second-order valence-electron chi connectivity index (χ2n) is 4.47. The van der Waals surface area contributed by atoms with Crippen LogP contribution in [0.1, 0.15) is 5.56 Å². The second kappa shape index (κ2) is 8.41. The molecule has 0 saturated carbocycles. The summed E-state index contributed by atoms with van der Waals surface area (Å²) < 4.78 is 0. The SMILES string of the molecule is O=C(N/N=C\c1ccccc1O)[C@H](O)[C@@H](O)[C@H](O)[C@H](O)CO. The zero-order valence-electron chi connectivity index (χ0n) is 11.4. The summed E-state index contributed by atoms with van der Waals surface area (Å²) in [4.78, 5) is 11.5. The van der Waals surface area contributed by atoms with Gasteiger partial charge in [0.1, 0.15) is 24.1 Å². The average Bonchev–Trinajstić information content (AvgIpc) is 2.53. The van der Waals surface area contributed by atoms with E-state index in [0.29, 0.717) is 5.56 Å². The molecule has 1 aromatic rings. The van der Waals surface area contributed by atoms with E-state index >= 15 is 0 Å². The number of hydrogen-bond donors (Lipinski definition) is 7. The highest BCUT2D eigenvalue weighted by molar-refractivity contribution is 5.86. The molecule has 9 nitrogen and oxygen atoms in total. The van der Waals surface area contributed by atoms with Gasteiger partial charge in [0.05, 0.1) is 12.8 Å². The van der Waals surface area contributed by atoms with Gasteiger partial charge in [-0.1, -0.05) is 12.1 Å². The van der Waals surface area contributed by atoms with Crippen LogP contribution in [0.25, 0.3) is 0 Å². The fourth-order valence-electron chi connectivity index (χ4n) is 1.51. The summed E-state index contributed by atoms with van der Waals surface area (Å²) >= 11 is 0. The van der Waals surface area contributed by atoms with Crippen molar-refractivity contribution >= 4 is 12.1 Å². The number of hydrogen-bond acceptors (Lipinski definition) is 8. The molecule has 122 valence electrons. The normalized spacial score (nSPS) is 17.0. The first kappa shape index (κ1) is 18.0. The number of benzene rings is 1. The molecule has 1 aromatic carbocycles. The standard InChI is InChI=1S/C13H18N2O7/c16-6-9(18)10(19)11(20)12(21)13(22)15-14-5-7-3-1-2-4-8(7)17/h1-5,9-12,16-21H,6H2,(H,15,22)/b14-5-/t9-,10-,11+,12-/m1/s1. The van der Waals surface area contributed by atoms with Crippen molar-refractivity contribution in [1.82, 2.24) is 5.43 Å². The Kier molecular flexibility index (Phi) is 6.89. The molecule has 0 spiro atoms. The van der Waals surface area contributed by atoms with E-state index in [0.717, 1.165) is 6.21 Å². The van der Waals surface area contributed by atoms with Crippen molar-refractivity contribution in [2.45, 2.75) is 24.4 Å². The Bertz CT molecular complexity index is 523. The minimum Gasteiger partial charge on any atom is -0.507 e. The number of aliphatic hydroxyl groups excluding tert-OH is 5. The molecule has 0 aliphatic carbocycles. The second-order valence-corrected chi connectivity index (χ2v) is 4.47. The van der Waals surface area contributed by atoms with Crippen LogP contribution in [-0.4, -0.2) is 73.8 Å². The molecule has 4 atom stereocenters. The van der Waals surface area contributed by atoms with Crippen LogP contribution in [0.15, 0.2) is 29.4 Å². The number of phenols is 1. The fourth-order valence-corrected chi connectivity index (χ4v) is 1.51. The highest BCUT2D eigenvalue weighted by Gasteiger charge is 2.34. The van der Waals surface area contributed by atoms with Crippen LogP contribution in [0, 0.1) is 0 Å². The smallest absolute Gasteiger partial charge is 0.271 e. The lowest BCUT2D eigenvalue weighted by Gasteiger charge is -2.24. The monoisotopic (exact) mass is 314 g/mol. The molecule has 7 N–H and O–H groups in total. The van der Waals surface area contributed by atoms with E-state index in [2.05, 4.69) is 5.10 Å². The molecule has 0 fully saturated rings. The number of para-hydroxylation sites is 1. The Labute approximate surface area is 125 Å². The van der Waals surface area contributed by atoms with E-state index in [9.17, 15) is 25.2 Å². The summed E-state index contributed by atoms with van der Waals surface area (Å²) in [6.45, 7) is -0.849. The lowest BCUT2D eigenvalue weighted by Crippen LogP contribution is -2.50. The van der Waals surface area contributed by atoms with Gasteiger partial charge in [0, 0.05) is 5.56 Å². The molecule has 0 bridgehead atoms. The van der Waals surface area contributed by atoms with Gasteiger partial charge in [0.2, 0.25) is 0 Å². The molecule has 9 heteroatoms. The Hall–Kier alpha value is -2.04. The summed E-state index contributed by atoms with van der Waals surface area (Å²) in [5.74, 6) is -1.20. The van der Waals surface area contributed by atoms with Crippen LogP contribution < -0.4 is 5.43 Å². The van der Waals surface area contributed by atoms with Crippen molar-refractivity contribution in [3.8, 4) is 5.75 Å². The Morgan fingerprint density at radius 1 is 1.18 bits per heavy atom. The van der Waals surface area contributed by atoms with E-state index < -0.39 is 36.9 Å². The van der Waals surface area contributed by atoms with Crippen molar-refractivity contribution in [2.24, 2.45) is 5.10 Å². The first-order valence-electron chi connectivity index (χ1n) is 6.32. The molecule has 0 radical (unpaired) electrons. The molecule has 0 aliphatic heterocycles. The van der Waals surface area contributed by atoms with Crippen LogP contribution in [-0.2, 0) is 4.79 Å². The van der Waals surface area contributed by atoms with E-state index in [4.69, 9.17) is 10.2 Å². The molecular formula is C13H18N2O7. The van der Waals surface area contributed by atoms with Crippen molar-refractivity contribution in [1.29, 1.82) is 0 Å². The van der Waals surface area contributed by atoms with Crippen LogP contribution in [0.5, 0.6) is 5.75 Å². The van der Waals surface area contributed by atoms with Gasteiger partial charge in [-0.3, -0.25) is 4.79 Å². The topological polar surface area (TPSA) is 163 Å². The molecule has 0 saturated heterocycles. The number of hydrazone groups is 1. The maximum Gasteiger partial charge on any atom is 0.271 e. The van der Waals surface area contributed by atoms with E-state index in [1.807, 2.05) is 5.43 Å². The van der Waals surface area contributed by atoms with Crippen molar-refractivity contribution in [2.75, 3.05) is 6.61 Å². The first-order valence-corrected chi connectivity index (χ1v) is 6.32. The fraction of sp³-hybridized carbons (Fsp3) is 0.385. The summed E-state index contributed by atoms with van der Waals surface area (Å²) in [5.41, 5.74) is 2.22. The minimum absolute atomic E-state index is 0.0671. The van der Waals surface area contributed by atoms with Crippen LogP contribution in [0.3, 0.4) is 0 Å². The van der Waals surface area contributed by atoms with Crippen molar-refractivity contribution in [3.63, 3.8) is 0 Å². The van der Waals surface area contributed by atoms with Gasteiger partial charge in [-0.05, 0) is 12.1 Å². The van der Waals surface area contributed by atoms with Crippen molar-refractivity contribution < 1.29 is 35.4 Å². The third kappa shape index (κ3) is 4.76. The van der Waals surface area contributed by atoms with Crippen LogP contribution >= 0.6 is 0 Å². The highest BCUT2D eigenvalue weighted by Crippen LogP contribution is 2.12. The van der Waals surface area contributed by atoms with Gasteiger partial charge in [-0.15, -0.1) is 0 Å². The van der Waals surface area contributed by atoms with Crippen LogP contribution in [0.4, 0.5) is 0 Å². The van der Waals surface area contributed by atoms with E-state index in [-0.39, 0.29) is 5.75 Å². The number of aromatic hydroxyl groups is 1. The first-order chi connectivity index (χ1) is 10.4. The predicted octanol–water partition coefficient (Wildman–Crippen LogP) is -2.72. The molecule has 0 heterocycles. The summed E-state index contributed by atoms with van der Waals surface area (Å²) in [6.07, 6.45) is -6.58. The summed E-state index contributed by atoms with van der Waals surface area (Å²) in [6, 6.07) is 6.17. The number of rotatable bonds is 7. The number of carbonyl (C=O) groups excluding carboxylic acids is 1. The number of phenolic OH excluding ortho intramolecular Hbond substituents is 1. The number of aliphatic hydroxyl groups is 5. The molecular weight excluding hydrogens is 296 g/mol. The molecule has 1 amide bonds.